The first kappa shape index (κ1) is 13.5. The summed E-state index contributed by atoms with van der Waals surface area (Å²) in [5, 5.41) is 0. The fourth-order valence-corrected chi connectivity index (χ4v) is 2.16. The molecule has 0 bridgehead atoms. The van der Waals surface area contributed by atoms with Gasteiger partial charge in [0.25, 0.3) is 0 Å². The van der Waals surface area contributed by atoms with Crippen LogP contribution in [0.1, 0.15) is 12.0 Å². The molecular formula is C11H14NO4S. The molecule has 0 aliphatic heterocycles. The number of primary amides is 1. The SMILES string of the molecule is COc1cc([CH]CC(N)=O)ccc1S(C)(=O)=O. The van der Waals surface area contributed by atoms with Gasteiger partial charge in [-0.15, -0.1) is 0 Å². The van der Waals surface area contributed by atoms with Crippen LogP contribution >= 0.6 is 0 Å². The van der Waals surface area contributed by atoms with Crippen molar-refractivity contribution in [2.45, 2.75) is 11.3 Å². The number of benzene rings is 1. The molecule has 0 saturated carbocycles. The van der Waals surface area contributed by atoms with E-state index in [4.69, 9.17) is 10.5 Å². The smallest absolute Gasteiger partial charge is 0.218 e. The van der Waals surface area contributed by atoms with E-state index in [2.05, 4.69) is 0 Å². The normalized spacial score (nSPS) is 11.2. The van der Waals surface area contributed by atoms with Crippen LogP contribution in [0, 0.1) is 6.42 Å². The standard InChI is InChI=1S/C11H14NO4S/c1-16-9-7-8(4-6-11(12)13)3-5-10(9)17(2,14)15/h3-5,7H,6H2,1-2H3,(H2,12,13). The number of rotatable bonds is 5. The highest BCUT2D eigenvalue weighted by Crippen LogP contribution is 2.25. The number of carbonyl (C=O) groups is 1. The molecule has 1 radical (unpaired) electrons. The summed E-state index contributed by atoms with van der Waals surface area (Å²) >= 11 is 0. The molecule has 0 fully saturated rings. The molecule has 0 atom stereocenters. The third-order valence-corrected chi connectivity index (χ3v) is 3.26. The van der Waals surface area contributed by atoms with Crippen LogP contribution in [0.2, 0.25) is 0 Å². The van der Waals surface area contributed by atoms with Gasteiger partial charge in [0.1, 0.15) is 10.6 Å². The van der Waals surface area contributed by atoms with Crippen LogP contribution in [0.3, 0.4) is 0 Å². The minimum absolute atomic E-state index is 0.0986. The molecule has 1 rings (SSSR count). The van der Waals surface area contributed by atoms with E-state index in [9.17, 15) is 13.2 Å². The first-order valence-electron chi connectivity index (χ1n) is 4.84. The van der Waals surface area contributed by atoms with Gasteiger partial charge in [-0.05, 0) is 17.7 Å². The van der Waals surface area contributed by atoms with Crippen LogP contribution in [-0.4, -0.2) is 27.7 Å². The summed E-state index contributed by atoms with van der Waals surface area (Å²) in [6.45, 7) is 0. The Labute approximate surface area is 100 Å². The first-order chi connectivity index (χ1) is 7.84. The molecule has 0 aromatic heterocycles. The zero-order valence-corrected chi connectivity index (χ0v) is 10.5. The van der Waals surface area contributed by atoms with E-state index >= 15 is 0 Å². The average Bonchev–Trinajstić information content (AvgIpc) is 2.24. The minimum Gasteiger partial charge on any atom is -0.495 e. The van der Waals surface area contributed by atoms with Crippen molar-refractivity contribution in [3.05, 3.63) is 30.2 Å². The van der Waals surface area contributed by atoms with Crippen LogP contribution < -0.4 is 10.5 Å². The fourth-order valence-electron chi connectivity index (χ4n) is 1.34. The Kier molecular flexibility index (Phi) is 4.11. The number of nitrogens with two attached hydrogens (primary N) is 1. The van der Waals surface area contributed by atoms with E-state index in [1.54, 1.807) is 18.6 Å². The molecule has 1 aromatic rings. The lowest BCUT2D eigenvalue weighted by Gasteiger charge is -2.08. The number of hydrogen-bond donors (Lipinski definition) is 1. The van der Waals surface area contributed by atoms with E-state index in [-0.39, 0.29) is 17.1 Å². The molecule has 6 heteroatoms. The van der Waals surface area contributed by atoms with Crippen molar-refractivity contribution in [2.75, 3.05) is 13.4 Å². The number of amides is 1. The quantitative estimate of drug-likeness (QED) is 0.832. The Morgan fingerprint density at radius 1 is 1.47 bits per heavy atom. The summed E-state index contributed by atoms with van der Waals surface area (Å²) in [6, 6.07) is 4.60. The van der Waals surface area contributed by atoms with Gasteiger partial charge in [-0.2, -0.15) is 0 Å². The Balaban J connectivity index is 3.05. The predicted molar refractivity (Wildman–Crippen MR) is 63.3 cm³/mol. The molecule has 0 aliphatic rings. The Morgan fingerprint density at radius 3 is 2.59 bits per heavy atom. The van der Waals surface area contributed by atoms with E-state index in [1.165, 1.54) is 13.2 Å². The van der Waals surface area contributed by atoms with Crippen molar-refractivity contribution in [3.8, 4) is 5.75 Å². The van der Waals surface area contributed by atoms with Gasteiger partial charge in [0.05, 0.1) is 7.11 Å². The Morgan fingerprint density at radius 2 is 2.12 bits per heavy atom. The third kappa shape index (κ3) is 3.74. The van der Waals surface area contributed by atoms with Gasteiger partial charge < -0.3 is 10.5 Å². The molecule has 1 aromatic carbocycles. The summed E-state index contributed by atoms with van der Waals surface area (Å²) in [7, 11) is -1.93. The molecule has 0 aliphatic carbocycles. The third-order valence-electron chi connectivity index (χ3n) is 2.13. The molecule has 93 valence electrons. The topological polar surface area (TPSA) is 86.5 Å². The second-order valence-electron chi connectivity index (χ2n) is 3.56. The van der Waals surface area contributed by atoms with Crippen LogP contribution in [-0.2, 0) is 14.6 Å². The highest BCUT2D eigenvalue weighted by atomic mass is 32.2. The second-order valence-corrected chi connectivity index (χ2v) is 5.54. The van der Waals surface area contributed by atoms with Gasteiger partial charge in [-0.1, -0.05) is 6.07 Å². The van der Waals surface area contributed by atoms with E-state index < -0.39 is 15.7 Å². The fraction of sp³-hybridized carbons (Fsp3) is 0.273. The predicted octanol–water partition coefficient (Wildman–Crippen LogP) is 0.526. The highest BCUT2D eigenvalue weighted by molar-refractivity contribution is 7.90. The van der Waals surface area contributed by atoms with Crippen LogP contribution in [0.4, 0.5) is 0 Å². The van der Waals surface area contributed by atoms with Gasteiger partial charge in [0, 0.05) is 19.1 Å². The molecule has 0 saturated heterocycles. The molecule has 0 heterocycles. The van der Waals surface area contributed by atoms with E-state index in [1.807, 2.05) is 0 Å². The molecule has 0 spiro atoms. The first-order valence-corrected chi connectivity index (χ1v) is 6.73. The van der Waals surface area contributed by atoms with E-state index in [0.717, 1.165) is 6.26 Å². The summed E-state index contributed by atoms with van der Waals surface area (Å²) < 4.78 is 27.9. The van der Waals surface area contributed by atoms with Crippen LogP contribution in [0.5, 0.6) is 5.75 Å². The summed E-state index contributed by atoms with van der Waals surface area (Å²) in [5.74, 6) is -0.193. The molecule has 5 nitrogen and oxygen atoms in total. The average molecular weight is 256 g/mol. The molecule has 2 N–H and O–H groups in total. The zero-order chi connectivity index (χ0) is 13.1. The lowest BCUT2D eigenvalue weighted by Crippen LogP contribution is -2.10. The van der Waals surface area contributed by atoms with Gasteiger partial charge in [0.2, 0.25) is 5.91 Å². The van der Waals surface area contributed by atoms with E-state index in [0.29, 0.717) is 5.56 Å². The summed E-state index contributed by atoms with van der Waals surface area (Å²) in [4.78, 5) is 10.7. The van der Waals surface area contributed by atoms with Crippen LogP contribution in [0.15, 0.2) is 23.1 Å². The number of sulfone groups is 1. The van der Waals surface area contributed by atoms with Gasteiger partial charge in [0.15, 0.2) is 9.84 Å². The van der Waals surface area contributed by atoms with Gasteiger partial charge in [-0.25, -0.2) is 8.42 Å². The van der Waals surface area contributed by atoms with Crippen LogP contribution in [0.25, 0.3) is 0 Å². The van der Waals surface area contributed by atoms with Gasteiger partial charge >= 0.3 is 0 Å². The zero-order valence-electron chi connectivity index (χ0n) is 9.64. The maximum atomic E-state index is 11.4. The lowest BCUT2D eigenvalue weighted by atomic mass is 10.1. The van der Waals surface area contributed by atoms with Crippen molar-refractivity contribution in [1.29, 1.82) is 0 Å². The number of methoxy groups -OCH3 is 1. The molecular weight excluding hydrogens is 242 g/mol. The second kappa shape index (κ2) is 5.18. The van der Waals surface area contributed by atoms with Crippen molar-refractivity contribution >= 4 is 15.7 Å². The molecule has 1 amide bonds. The Bertz CT molecular complexity index is 522. The maximum absolute atomic E-state index is 11.4. The van der Waals surface area contributed by atoms with Crippen molar-refractivity contribution in [3.63, 3.8) is 0 Å². The monoisotopic (exact) mass is 256 g/mol. The number of carbonyl (C=O) groups excluding carboxylic acids is 1. The largest absolute Gasteiger partial charge is 0.495 e. The number of hydrogen-bond acceptors (Lipinski definition) is 4. The van der Waals surface area contributed by atoms with Crippen molar-refractivity contribution in [2.24, 2.45) is 5.73 Å². The molecule has 0 unspecified atom stereocenters. The minimum atomic E-state index is -3.32. The Hall–Kier alpha value is -1.56. The lowest BCUT2D eigenvalue weighted by molar-refractivity contribution is -0.117. The summed E-state index contributed by atoms with van der Waals surface area (Å²) in [5.41, 5.74) is 5.70. The highest BCUT2D eigenvalue weighted by Gasteiger charge is 2.14. The maximum Gasteiger partial charge on any atom is 0.218 e. The van der Waals surface area contributed by atoms with Crippen molar-refractivity contribution in [1.82, 2.24) is 0 Å². The summed E-state index contributed by atoms with van der Waals surface area (Å²) in [6.07, 6.45) is 2.82. The molecule has 17 heavy (non-hydrogen) atoms. The van der Waals surface area contributed by atoms with Crippen molar-refractivity contribution < 1.29 is 17.9 Å². The van der Waals surface area contributed by atoms with Gasteiger partial charge in [-0.3, -0.25) is 4.79 Å². The number of ether oxygens (including phenoxy) is 1.